The summed E-state index contributed by atoms with van der Waals surface area (Å²) in [6.45, 7) is 0. The SMILES string of the molecule is O=C(O)c1ccc(NC(=O)c2csc(NC(=O)C3CC3)n2)cc1. The van der Waals surface area contributed by atoms with Gasteiger partial charge >= 0.3 is 5.97 Å². The summed E-state index contributed by atoms with van der Waals surface area (Å²) in [5.41, 5.74) is 0.807. The third-order valence-electron chi connectivity index (χ3n) is 3.30. The molecule has 2 aromatic rings. The number of nitrogens with one attached hydrogen (secondary N) is 2. The number of nitrogens with zero attached hydrogens (tertiary/aromatic N) is 1. The molecule has 2 amide bonds. The highest BCUT2D eigenvalue weighted by molar-refractivity contribution is 7.14. The van der Waals surface area contributed by atoms with Gasteiger partial charge in [0.15, 0.2) is 5.13 Å². The molecule has 1 aliphatic rings. The minimum atomic E-state index is -1.03. The summed E-state index contributed by atoms with van der Waals surface area (Å²) in [5.74, 6) is -1.44. The zero-order chi connectivity index (χ0) is 16.4. The fraction of sp³-hybridized carbons (Fsp3) is 0.200. The second-order valence-electron chi connectivity index (χ2n) is 5.14. The number of aromatic nitrogens is 1. The number of rotatable bonds is 5. The van der Waals surface area contributed by atoms with Gasteiger partial charge in [-0.3, -0.25) is 9.59 Å². The van der Waals surface area contributed by atoms with Gasteiger partial charge in [0.2, 0.25) is 5.91 Å². The Hall–Kier alpha value is -2.74. The standard InChI is InChI=1S/C15H13N3O4S/c19-12(8-1-2-8)18-15-17-11(7-23-15)13(20)16-10-5-3-9(4-6-10)14(21)22/h3-8H,1-2H2,(H,16,20)(H,21,22)(H,17,18,19). The van der Waals surface area contributed by atoms with E-state index in [2.05, 4.69) is 15.6 Å². The van der Waals surface area contributed by atoms with Crippen LogP contribution in [0.1, 0.15) is 33.7 Å². The third-order valence-corrected chi connectivity index (χ3v) is 4.06. The van der Waals surface area contributed by atoms with E-state index >= 15 is 0 Å². The van der Waals surface area contributed by atoms with Crippen molar-refractivity contribution in [3.8, 4) is 0 Å². The Balaban J connectivity index is 1.62. The van der Waals surface area contributed by atoms with E-state index < -0.39 is 11.9 Å². The number of anilines is 2. The summed E-state index contributed by atoms with van der Waals surface area (Å²) >= 11 is 1.19. The molecule has 1 heterocycles. The van der Waals surface area contributed by atoms with Crippen LogP contribution >= 0.6 is 11.3 Å². The first-order valence-corrected chi connectivity index (χ1v) is 7.82. The number of aromatic carboxylic acids is 1. The van der Waals surface area contributed by atoms with Crippen LogP contribution in [0.25, 0.3) is 0 Å². The first kappa shape index (κ1) is 15.2. The molecule has 3 N–H and O–H groups in total. The molecule has 0 saturated heterocycles. The molecule has 0 unspecified atom stereocenters. The first-order chi connectivity index (χ1) is 11.0. The van der Waals surface area contributed by atoms with Gasteiger partial charge in [-0.2, -0.15) is 0 Å². The smallest absolute Gasteiger partial charge is 0.335 e. The highest BCUT2D eigenvalue weighted by Crippen LogP contribution is 2.30. The Morgan fingerprint density at radius 3 is 2.43 bits per heavy atom. The number of hydrogen-bond acceptors (Lipinski definition) is 5. The predicted octanol–water partition coefficient (Wildman–Crippen LogP) is 2.44. The lowest BCUT2D eigenvalue weighted by atomic mass is 10.2. The molecule has 23 heavy (non-hydrogen) atoms. The molecule has 0 aliphatic heterocycles. The highest BCUT2D eigenvalue weighted by atomic mass is 32.1. The molecule has 0 atom stereocenters. The number of carboxylic acid groups (broad SMARTS) is 1. The van der Waals surface area contributed by atoms with Gasteiger partial charge in [-0.15, -0.1) is 11.3 Å². The third kappa shape index (κ3) is 3.72. The highest BCUT2D eigenvalue weighted by Gasteiger charge is 2.30. The van der Waals surface area contributed by atoms with Gasteiger partial charge in [0, 0.05) is 17.0 Å². The van der Waals surface area contributed by atoms with E-state index in [4.69, 9.17) is 5.11 Å². The maximum absolute atomic E-state index is 12.1. The van der Waals surface area contributed by atoms with Crippen LogP contribution < -0.4 is 10.6 Å². The van der Waals surface area contributed by atoms with E-state index in [-0.39, 0.29) is 23.1 Å². The fourth-order valence-electron chi connectivity index (χ4n) is 1.88. The first-order valence-electron chi connectivity index (χ1n) is 6.94. The summed E-state index contributed by atoms with van der Waals surface area (Å²) in [6, 6.07) is 5.81. The molecule has 0 bridgehead atoms. The van der Waals surface area contributed by atoms with Gasteiger partial charge in [-0.25, -0.2) is 9.78 Å². The predicted molar refractivity (Wildman–Crippen MR) is 84.8 cm³/mol. The van der Waals surface area contributed by atoms with Crippen molar-refractivity contribution in [2.24, 2.45) is 5.92 Å². The molecule has 1 aromatic heterocycles. The lowest BCUT2D eigenvalue weighted by molar-refractivity contribution is -0.117. The van der Waals surface area contributed by atoms with Crippen LogP contribution in [0.2, 0.25) is 0 Å². The van der Waals surface area contributed by atoms with Gasteiger partial charge in [0.05, 0.1) is 5.56 Å². The second kappa shape index (κ2) is 6.17. The van der Waals surface area contributed by atoms with Crippen molar-refractivity contribution in [1.82, 2.24) is 4.98 Å². The van der Waals surface area contributed by atoms with Gasteiger partial charge in [-0.05, 0) is 37.1 Å². The second-order valence-corrected chi connectivity index (χ2v) is 6.00. The molecular weight excluding hydrogens is 318 g/mol. The van der Waals surface area contributed by atoms with Gasteiger partial charge in [-0.1, -0.05) is 0 Å². The monoisotopic (exact) mass is 331 g/mol. The Labute approximate surface area is 135 Å². The Morgan fingerprint density at radius 2 is 1.83 bits per heavy atom. The lowest BCUT2D eigenvalue weighted by Crippen LogP contribution is -2.15. The maximum atomic E-state index is 12.1. The Morgan fingerprint density at radius 1 is 1.13 bits per heavy atom. The Kier molecular flexibility index (Phi) is 4.07. The molecule has 7 nitrogen and oxygen atoms in total. The molecule has 0 radical (unpaired) electrons. The van der Waals surface area contributed by atoms with Crippen molar-refractivity contribution in [2.45, 2.75) is 12.8 Å². The van der Waals surface area contributed by atoms with Gasteiger partial charge in [0.25, 0.3) is 5.91 Å². The molecule has 1 saturated carbocycles. The molecule has 1 fully saturated rings. The molecule has 1 aromatic carbocycles. The summed E-state index contributed by atoms with van der Waals surface area (Å²) in [4.78, 5) is 38.6. The van der Waals surface area contributed by atoms with Crippen molar-refractivity contribution in [3.05, 3.63) is 40.9 Å². The fourth-order valence-corrected chi connectivity index (χ4v) is 2.57. The molecular formula is C15H13N3O4S. The average molecular weight is 331 g/mol. The summed E-state index contributed by atoms with van der Waals surface area (Å²) in [5, 5.41) is 16.1. The molecule has 3 rings (SSSR count). The summed E-state index contributed by atoms with van der Waals surface area (Å²) in [7, 11) is 0. The van der Waals surface area contributed by atoms with E-state index in [9.17, 15) is 14.4 Å². The number of amides is 2. The van der Waals surface area contributed by atoms with Crippen molar-refractivity contribution >= 4 is 39.9 Å². The van der Waals surface area contributed by atoms with Crippen LogP contribution in [0, 0.1) is 5.92 Å². The lowest BCUT2D eigenvalue weighted by Gasteiger charge is -2.03. The van der Waals surface area contributed by atoms with E-state index in [1.54, 1.807) is 5.38 Å². The van der Waals surface area contributed by atoms with E-state index in [0.29, 0.717) is 10.8 Å². The van der Waals surface area contributed by atoms with Crippen molar-refractivity contribution in [1.29, 1.82) is 0 Å². The number of carbonyl (C=O) groups is 3. The maximum Gasteiger partial charge on any atom is 0.335 e. The molecule has 8 heteroatoms. The summed E-state index contributed by atoms with van der Waals surface area (Å²) < 4.78 is 0. The van der Waals surface area contributed by atoms with Crippen molar-refractivity contribution in [2.75, 3.05) is 10.6 Å². The number of carbonyl (C=O) groups excluding carboxylic acids is 2. The average Bonchev–Trinajstić information content (AvgIpc) is 3.28. The van der Waals surface area contributed by atoms with E-state index in [1.165, 1.54) is 35.6 Å². The minimum absolute atomic E-state index is 0.0597. The van der Waals surface area contributed by atoms with E-state index in [0.717, 1.165) is 12.8 Å². The van der Waals surface area contributed by atoms with Crippen molar-refractivity contribution < 1.29 is 19.5 Å². The van der Waals surface area contributed by atoms with Crippen LogP contribution in [-0.4, -0.2) is 27.9 Å². The number of hydrogen-bond donors (Lipinski definition) is 3. The molecule has 1 aliphatic carbocycles. The quantitative estimate of drug-likeness (QED) is 0.780. The normalized spacial score (nSPS) is 13.4. The van der Waals surface area contributed by atoms with Gasteiger partial charge in [0.1, 0.15) is 5.69 Å². The van der Waals surface area contributed by atoms with E-state index in [1.807, 2.05) is 0 Å². The summed E-state index contributed by atoms with van der Waals surface area (Å²) in [6.07, 6.45) is 1.80. The van der Waals surface area contributed by atoms with Crippen LogP contribution in [0.15, 0.2) is 29.6 Å². The zero-order valence-electron chi connectivity index (χ0n) is 11.9. The van der Waals surface area contributed by atoms with Crippen molar-refractivity contribution in [3.63, 3.8) is 0 Å². The van der Waals surface area contributed by atoms with Crippen LogP contribution in [-0.2, 0) is 4.79 Å². The van der Waals surface area contributed by atoms with Crippen LogP contribution in [0.4, 0.5) is 10.8 Å². The topological polar surface area (TPSA) is 108 Å². The van der Waals surface area contributed by atoms with Crippen LogP contribution in [0.5, 0.6) is 0 Å². The largest absolute Gasteiger partial charge is 0.478 e. The Bertz CT molecular complexity index is 765. The zero-order valence-corrected chi connectivity index (χ0v) is 12.7. The minimum Gasteiger partial charge on any atom is -0.478 e. The molecule has 118 valence electrons. The number of thiazole rings is 1. The van der Waals surface area contributed by atoms with Gasteiger partial charge < -0.3 is 15.7 Å². The number of benzene rings is 1. The number of carboxylic acids is 1. The molecule has 0 spiro atoms. The van der Waals surface area contributed by atoms with Crippen LogP contribution in [0.3, 0.4) is 0 Å².